The fourth-order valence-corrected chi connectivity index (χ4v) is 3.59. The lowest BCUT2D eigenvalue weighted by Crippen LogP contribution is -2.13. The summed E-state index contributed by atoms with van der Waals surface area (Å²) in [6.07, 6.45) is 0. The number of nitro benzene ring substituents is 2. The predicted molar refractivity (Wildman–Crippen MR) is 108 cm³/mol. The number of aromatic nitrogens is 1. The van der Waals surface area contributed by atoms with Crippen LogP contribution < -0.4 is 5.32 Å². The van der Waals surface area contributed by atoms with E-state index in [9.17, 15) is 25.0 Å². The molecule has 0 aliphatic rings. The molecule has 0 spiro atoms. The topological polar surface area (TPSA) is 128 Å². The minimum Gasteiger partial charge on any atom is -0.298 e. The molecule has 1 N–H and O–H groups in total. The van der Waals surface area contributed by atoms with E-state index in [2.05, 4.69) is 26.2 Å². The Morgan fingerprint density at radius 2 is 1.79 bits per heavy atom. The highest BCUT2D eigenvalue weighted by atomic mass is 79.9. The smallest absolute Gasteiger partial charge is 0.279 e. The van der Waals surface area contributed by atoms with Gasteiger partial charge in [-0.25, -0.2) is 4.98 Å². The highest BCUT2D eigenvalue weighted by molar-refractivity contribution is 9.10. The largest absolute Gasteiger partial charge is 0.298 e. The summed E-state index contributed by atoms with van der Waals surface area (Å²) in [5.41, 5.74) is 0.192. The SMILES string of the molecule is Cc1c([N+](=O)[O-])cc(C(=O)Nc2nc(-c3cccc(Br)c3)cs2)cc1[N+](=O)[O-]. The van der Waals surface area contributed by atoms with Crippen LogP contribution in [-0.4, -0.2) is 20.7 Å². The van der Waals surface area contributed by atoms with E-state index in [-0.39, 0.29) is 16.3 Å². The van der Waals surface area contributed by atoms with Crippen LogP contribution in [0.15, 0.2) is 46.3 Å². The van der Waals surface area contributed by atoms with Gasteiger partial charge in [0.05, 0.1) is 21.1 Å². The lowest BCUT2D eigenvalue weighted by molar-refractivity contribution is -0.395. The number of amides is 1. The van der Waals surface area contributed by atoms with Gasteiger partial charge in [0, 0.05) is 27.5 Å². The second-order valence-corrected chi connectivity index (χ2v) is 7.43. The third kappa shape index (κ3) is 4.05. The summed E-state index contributed by atoms with van der Waals surface area (Å²) >= 11 is 4.55. The molecule has 3 rings (SSSR count). The Morgan fingerprint density at radius 3 is 2.36 bits per heavy atom. The fourth-order valence-electron chi connectivity index (χ4n) is 2.48. The molecule has 0 saturated heterocycles. The molecule has 28 heavy (non-hydrogen) atoms. The number of nitro groups is 2. The number of thiazole rings is 1. The van der Waals surface area contributed by atoms with Crippen LogP contribution in [0.3, 0.4) is 0 Å². The quantitative estimate of drug-likeness (QED) is 0.421. The summed E-state index contributed by atoms with van der Waals surface area (Å²) in [7, 11) is 0. The summed E-state index contributed by atoms with van der Waals surface area (Å²) in [5, 5.41) is 26.9. The summed E-state index contributed by atoms with van der Waals surface area (Å²) in [6, 6.07) is 9.48. The highest BCUT2D eigenvalue weighted by Gasteiger charge is 2.25. The van der Waals surface area contributed by atoms with Crippen LogP contribution in [0.25, 0.3) is 11.3 Å². The first-order valence-electron chi connectivity index (χ1n) is 7.72. The molecule has 0 aliphatic carbocycles. The minimum absolute atomic E-state index is 0.113. The average molecular weight is 463 g/mol. The zero-order valence-electron chi connectivity index (χ0n) is 14.2. The van der Waals surface area contributed by atoms with Gasteiger partial charge in [-0.15, -0.1) is 11.3 Å². The fraction of sp³-hybridized carbons (Fsp3) is 0.0588. The van der Waals surface area contributed by atoms with Gasteiger partial charge in [0.1, 0.15) is 5.56 Å². The van der Waals surface area contributed by atoms with Gasteiger partial charge in [-0.1, -0.05) is 28.1 Å². The molecule has 0 saturated carbocycles. The van der Waals surface area contributed by atoms with E-state index in [0.717, 1.165) is 22.2 Å². The van der Waals surface area contributed by atoms with Crippen molar-refractivity contribution in [1.82, 2.24) is 4.98 Å². The Hall–Kier alpha value is -3.18. The van der Waals surface area contributed by atoms with E-state index in [4.69, 9.17) is 0 Å². The predicted octanol–water partition coefficient (Wildman–Crippen LogP) is 4.95. The number of carbonyl (C=O) groups excluding carboxylic acids is 1. The average Bonchev–Trinajstić information content (AvgIpc) is 3.09. The number of hydrogen-bond acceptors (Lipinski definition) is 7. The third-order valence-corrected chi connectivity index (χ3v) is 5.10. The maximum Gasteiger partial charge on any atom is 0.279 e. The van der Waals surface area contributed by atoms with Crippen molar-refractivity contribution in [2.45, 2.75) is 6.92 Å². The molecule has 1 heterocycles. The molecule has 0 aliphatic heterocycles. The van der Waals surface area contributed by atoms with Gasteiger partial charge in [-0.3, -0.25) is 30.3 Å². The van der Waals surface area contributed by atoms with Crippen molar-refractivity contribution in [3.63, 3.8) is 0 Å². The van der Waals surface area contributed by atoms with Crippen LogP contribution in [0, 0.1) is 27.2 Å². The number of carbonyl (C=O) groups is 1. The Morgan fingerprint density at radius 1 is 1.14 bits per heavy atom. The van der Waals surface area contributed by atoms with Gasteiger partial charge in [0.25, 0.3) is 17.3 Å². The van der Waals surface area contributed by atoms with Crippen LogP contribution in [0.4, 0.5) is 16.5 Å². The molecule has 0 fully saturated rings. The van der Waals surface area contributed by atoms with Crippen molar-refractivity contribution in [2.75, 3.05) is 5.32 Å². The van der Waals surface area contributed by atoms with Gasteiger partial charge >= 0.3 is 0 Å². The first-order valence-corrected chi connectivity index (χ1v) is 9.40. The number of benzene rings is 2. The van der Waals surface area contributed by atoms with Gasteiger partial charge < -0.3 is 0 Å². The number of anilines is 1. The number of hydrogen-bond donors (Lipinski definition) is 1. The molecule has 3 aromatic rings. The van der Waals surface area contributed by atoms with Crippen molar-refractivity contribution in [3.05, 3.63) is 77.6 Å². The Labute approximate surface area is 170 Å². The van der Waals surface area contributed by atoms with Crippen molar-refractivity contribution in [1.29, 1.82) is 0 Å². The maximum absolute atomic E-state index is 12.5. The lowest BCUT2D eigenvalue weighted by atomic mass is 10.1. The standard InChI is InChI=1S/C17H11BrN4O5S/c1-9-14(21(24)25)6-11(7-15(9)22(26)27)16(23)20-17-19-13(8-28-17)10-3-2-4-12(18)5-10/h2-8H,1H3,(H,19,20,23). The Balaban J connectivity index is 1.89. The minimum atomic E-state index is -0.756. The molecule has 0 bridgehead atoms. The summed E-state index contributed by atoms with van der Waals surface area (Å²) < 4.78 is 0.878. The van der Waals surface area contributed by atoms with Crippen molar-refractivity contribution >= 4 is 49.7 Å². The molecule has 0 unspecified atom stereocenters. The zero-order chi connectivity index (χ0) is 20.4. The molecule has 11 heteroatoms. The number of nitrogens with zero attached hydrogens (tertiary/aromatic N) is 3. The normalized spacial score (nSPS) is 10.5. The van der Waals surface area contributed by atoms with Gasteiger partial charge in [-0.05, 0) is 19.1 Å². The molecule has 9 nitrogen and oxygen atoms in total. The lowest BCUT2D eigenvalue weighted by Gasteiger charge is -2.05. The van der Waals surface area contributed by atoms with Crippen molar-refractivity contribution in [2.24, 2.45) is 0 Å². The van der Waals surface area contributed by atoms with Crippen LogP contribution in [0.5, 0.6) is 0 Å². The van der Waals surface area contributed by atoms with Gasteiger partial charge in [0.15, 0.2) is 5.13 Å². The molecule has 0 radical (unpaired) electrons. The van der Waals surface area contributed by atoms with E-state index in [1.54, 1.807) is 5.38 Å². The van der Waals surface area contributed by atoms with E-state index >= 15 is 0 Å². The molecule has 1 aromatic heterocycles. The van der Waals surface area contributed by atoms with Crippen LogP contribution in [0.2, 0.25) is 0 Å². The monoisotopic (exact) mass is 462 g/mol. The zero-order valence-corrected chi connectivity index (χ0v) is 16.6. The molecule has 1 amide bonds. The van der Waals surface area contributed by atoms with Crippen LogP contribution >= 0.6 is 27.3 Å². The maximum atomic E-state index is 12.5. The second-order valence-electron chi connectivity index (χ2n) is 5.66. The van der Waals surface area contributed by atoms with E-state index in [0.29, 0.717) is 5.69 Å². The molecule has 2 aromatic carbocycles. The first-order chi connectivity index (χ1) is 13.3. The Bertz CT molecular complexity index is 1080. The highest BCUT2D eigenvalue weighted by Crippen LogP contribution is 2.31. The van der Waals surface area contributed by atoms with E-state index in [1.165, 1.54) is 18.3 Å². The first kappa shape index (κ1) is 19.6. The van der Waals surface area contributed by atoms with Crippen LogP contribution in [-0.2, 0) is 0 Å². The van der Waals surface area contributed by atoms with E-state index < -0.39 is 27.1 Å². The van der Waals surface area contributed by atoms with Crippen LogP contribution in [0.1, 0.15) is 15.9 Å². The molecule has 0 atom stereocenters. The Kier molecular flexibility index (Phi) is 5.47. The van der Waals surface area contributed by atoms with Crippen molar-refractivity contribution in [3.8, 4) is 11.3 Å². The van der Waals surface area contributed by atoms with Gasteiger partial charge in [0.2, 0.25) is 0 Å². The number of nitrogens with one attached hydrogen (secondary N) is 1. The van der Waals surface area contributed by atoms with E-state index in [1.807, 2.05) is 24.3 Å². The summed E-state index contributed by atoms with van der Waals surface area (Å²) in [6.45, 7) is 1.27. The molecular formula is C17H11BrN4O5S. The number of halogens is 1. The second kappa shape index (κ2) is 7.82. The van der Waals surface area contributed by atoms with Gasteiger partial charge in [-0.2, -0.15) is 0 Å². The van der Waals surface area contributed by atoms with Crippen molar-refractivity contribution < 1.29 is 14.6 Å². The summed E-state index contributed by atoms with van der Waals surface area (Å²) in [5.74, 6) is -0.721. The third-order valence-electron chi connectivity index (χ3n) is 3.85. The number of rotatable bonds is 5. The summed E-state index contributed by atoms with van der Waals surface area (Å²) in [4.78, 5) is 37.6. The molecular weight excluding hydrogens is 452 g/mol. The molecule has 142 valence electrons.